The van der Waals surface area contributed by atoms with Gasteiger partial charge >= 0.3 is 0 Å². The molecule has 1 fully saturated rings. The minimum absolute atomic E-state index is 0.264. The molecule has 3 heterocycles. The predicted molar refractivity (Wildman–Crippen MR) is 97.1 cm³/mol. The Morgan fingerprint density at radius 2 is 1.87 bits per heavy atom. The molecule has 0 bridgehead atoms. The molecule has 2 aromatic heterocycles. The van der Waals surface area contributed by atoms with Crippen LogP contribution in [0.3, 0.4) is 0 Å². The van der Waals surface area contributed by atoms with Gasteiger partial charge in [-0.1, -0.05) is 24.3 Å². The number of hydrogen-bond acceptors (Lipinski definition) is 4. The molecule has 118 valence electrons. The molecule has 4 heteroatoms. The van der Waals surface area contributed by atoms with Gasteiger partial charge in [0.2, 0.25) is 0 Å². The van der Waals surface area contributed by atoms with Crippen LogP contribution in [0.2, 0.25) is 0 Å². The highest BCUT2D eigenvalue weighted by atomic mass is 32.1. The van der Waals surface area contributed by atoms with Crippen molar-refractivity contribution in [1.82, 2.24) is 15.2 Å². The first-order chi connectivity index (χ1) is 11.3. The Morgan fingerprint density at radius 3 is 2.65 bits per heavy atom. The molecule has 4 rings (SSSR count). The summed E-state index contributed by atoms with van der Waals surface area (Å²) < 4.78 is 0. The molecule has 0 amide bonds. The molecule has 0 spiro atoms. The maximum absolute atomic E-state index is 4.98. The summed E-state index contributed by atoms with van der Waals surface area (Å²) in [6.45, 7) is 6.41. The Balaban J connectivity index is 1.78. The fraction of sp³-hybridized carbons (Fsp3) is 0.316. The third-order valence-corrected chi connectivity index (χ3v) is 5.50. The van der Waals surface area contributed by atoms with E-state index in [2.05, 4.69) is 65.7 Å². The second-order valence-electron chi connectivity index (χ2n) is 6.07. The number of aromatic nitrogens is 1. The molecule has 3 aromatic rings. The largest absolute Gasteiger partial charge is 0.314 e. The zero-order chi connectivity index (χ0) is 15.6. The first-order valence-corrected chi connectivity index (χ1v) is 9.00. The van der Waals surface area contributed by atoms with Gasteiger partial charge in [-0.15, -0.1) is 11.3 Å². The van der Waals surface area contributed by atoms with E-state index in [9.17, 15) is 0 Å². The van der Waals surface area contributed by atoms with E-state index in [0.717, 1.165) is 37.4 Å². The molecule has 0 radical (unpaired) electrons. The third-order valence-electron chi connectivity index (χ3n) is 4.45. The Bertz CT molecular complexity index is 805. The number of rotatable bonds is 3. The lowest BCUT2D eigenvalue weighted by Crippen LogP contribution is -2.45. The van der Waals surface area contributed by atoms with Crippen molar-refractivity contribution in [3.63, 3.8) is 0 Å². The molecular weight excluding hydrogens is 302 g/mol. The fourth-order valence-electron chi connectivity index (χ4n) is 3.29. The Hall–Kier alpha value is -1.75. The maximum Gasteiger partial charge on any atom is 0.0871 e. The molecule has 1 N–H and O–H groups in total. The minimum Gasteiger partial charge on any atom is -0.314 e. The van der Waals surface area contributed by atoms with E-state index in [1.54, 1.807) is 0 Å². The number of aryl methyl sites for hydroxylation is 1. The van der Waals surface area contributed by atoms with E-state index in [1.807, 2.05) is 11.3 Å². The predicted octanol–water partition coefficient (Wildman–Crippen LogP) is 3.60. The van der Waals surface area contributed by atoms with Gasteiger partial charge in [-0.3, -0.25) is 9.88 Å². The SMILES string of the molecule is Cc1ccc(C(c2ccc3ccccc3n2)N2CCNCC2)s1. The van der Waals surface area contributed by atoms with Crippen molar-refractivity contribution in [2.75, 3.05) is 26.2 Å². The molecular formula is C19H21N3S. The number of nitrogens with zero attached hydrogens (tertiary/aromatic N) is 2. The first kappa shape index (κ1) is 14.8. The van der Waals surface area contributed by atoms with E-state index in [-0.39, 0.29) is 6.04 Å². The van der Waals surface area contributed by atoms with Gasteiger partial charge in [0, 0.05) is 41.3 Å². The average Bonchev–Trinajstić information content (AvgIpc) is 3.02. The Morgan fingerprint density at radius 1 is 1.04 bits per heavy atom. The molecule has 3 nitrogen and oxygen atoms in total. The van der Waals surface area contributed by atoms with Crippen LogP contribution >= 0.6 is 11.3 Å². The standard InChI is InChI=1S/C19H21N3S/c1-14-6-9-18(23-14)19(22-12-10-20-11-13-22)17-8-7-15-4-2-3-5-16(15)21-17/h2-9,19-20H,10-13H2,1H3. The summed E-state index contributed by atoms with van der Waals surface area (Å²) >= 11 is 1.89. The van der Waals surface area contributed by atoms with Gasteiger partial charge in [-0.25, -0.2) is 0 Å². The summed E-state index contributed by atoms with van der Waals surface area (Å²) in [7, 11) is 0. The quantitative estimate of drug-likeness (QED) is 0.798. The zero-order valence-corrected chi connectivity index (χ0v) is 14.1. The molecule has 1 aliphatic rings. The average molecular weight is 323 g/mol. The summed E-state index contributed by atoms with van der Waals surface area (Å²) in [5, 5.41) is 4.65. The maximum atomic E-state index is 4.98. The lowest BCUT2D eigenvalue weighted by molar-refractivity contribution is 0.198. The third kappa shape index (κ3) is 3.02. The highest BCUT2D eigenvalue weighted by molar-refractivity contribution is 7.12. The van der Waals surface area contributed by atoms with Gasteiger partial charge in [0.15, 0.2) is 0 Å². The van der Waals surface area contributed by atoms with E-state index >= 15 is 0 Å². The second-order valence-corrected chi connectivity index (χ2v) is 7.39. The smallest absolute Gasteiger partial charge is 0.0871 e. The summed E-state index contributed by atoms with van der Waals surface area (Å²) in [6.07, 6.45) is 0. The monoisotopic (exact) mass is 323 g/mol. The summed E-state index contributed by atoms with van der Waals surface area (Å²) in [5.41, 5.74) is 2.24. The highest BCUT2D eigenvalue weighted by Gasteiger charge is 2.26. The molecule has 1 atom stereocenters. The van der Waals surface area contributed by atoms with Crippen LogP contribution in [-0.2, 0) is 0 Å². The second kappa shape index (κ2) is 6.40. The van der Waals surface area contributed by atoms with E-state index in [4.69, 9.17) is 4.98 Å². The van der Waals surface area contributed by atoms with Crippen LogP contribution in [0, 0.1) is 6.92 Å². The molecule has 1 aromatic carbocycles. The Kier molecular flexibility index (Phi) is 4.12. The zero-order valence-electron chi connectivity index (χ0n) is 13.3. The van der Waals surface area contributed by atoms with Crippen molar-refractivity contribution >= 4 is 22.2 Å². The lowest BCUT2D eigenvalue weighted by Gasteiger charge is -2.34. The van der Waals surface area contributed by atoms with E-state index in [1.165, 1.54) is 15.1 Å². The van der Waals surface area contributed by atoms with Crippen molar-refractivity contribution in [3.8, 4) is 0 Å². The molecule has 1 saturated heterocycles. The van der Waals surface area contributed by atoms with Crippen LogP contribution in [0.15, 0.2) is 48.5 Å². The Labute approximate surface area is 141 Å². The summed E-state index contributed by atoms with van der Waals surface area (Å²) in [5.74, 6) is 0. The number of pyridine rings is 1. The number of hydrogen-bond donors (Lipinski definition) is 1. The number of nitrogens with one attached hydrogen (secondary N) is 1. The van der Waals surface area contributed by atoms with Gasteiger partial charge in [-0.2, -0.15) is 0 Å². The normalized spacial score (nSPS) is 17.4. The highest BCUT2D eigenvalue weighted by Crippen LogP contribution is 2.33. The topological polar surface area (TPSA) is 28.2 Å². The van der Waals surface area contributed by atoms with Crippen molar-refractivity contribution in [1.29, 1.82) is 0 Å². The van der Waals surface area contributed by atoms with Crippen molar-refractivity contribution in [3.05, 3.63) is 64.0 Å². The number of benzene rings is 1. The van der Waals surface area contributed by atoms with Crippen LogP contribution in [0.25, 0.3) is 10.9 Å². The van der Waals surface area contributed by atoms with E-state index in [0.29, 0.717) is 0 Å². The van der Waals surface area contributed by atoms with Gasteiger partial charge in [0.05, 0.1) is 17.3 Å². The minimum atomic E-state index is 0.264. The van der Waals surface area contributed by atoms with Gasteiger partial charge in [0.25, 0.3) is 0 Å². The van der Waals surface area contributed by atoms with Crippen molar-refractivity contribution in [2.24, 2.45) is 0 Å². The number of piperazine rings is 1. The van der Waals surface area contributed by atoms with Gasteiger partial charge < -0.3 is 5.32 Å². The summed E-state index contributed by atoms with van der Waals surface area (Å²) in [4.78, 5) is 10.3. The molecule has 1 aliphatic heterocycles. The number of fused-ring (bicyclic) bond motifs is 1. The molecule has 0 saturated carbocycles. The van der Waals surface area contributed by atoms with Crippen LogP contribution < -0.4 is 5.32 Å². The molecule has 23 heavy (non-hydrogen) atoms. The van der Waals surface area contributed by atoms with E-state index < -0.39 is 0 Å². The van der Waals surface area contributed by atoms with Gasteiger partial charge in [0.1, 0.15) is 0 Å². The summed E-state index contributed by atoms with van der Waals surface area (Å²) in [6, 6.07) is 17.5. The first-order valence-electron chi connectivity index (χ1n) is 8.18. The molecule has 1 unspecified atom stereocenters. The molecule has 0 aliphatic carbocycles. The number of thiophene rings is 1. The van der Waals surface area contributed by atoms with Crippen molar-refractivity contribution in [2.45, 2.75) is 13.0 Å². The van der Waals surface area contributed by atoms with Crippen LogP contribution in [0.1, 0.15) is 21.5 Å². The van der Waals surface area contributed by atoms with Crippen LogP contribution in [0.4, 0.5) is 0 Å². The fourth-order valence-corrected chi connectivity index (χ4v) is 4.31. The van der Waals surface area contributed by atoms with Gasteiger partial charge in [-0.05, 0) is 31.2 Å². The van der Waals surface area contributed by atoms with Crippen LogP contribution in [-0.4, -0.2) is 36.1 Å². The number of para-hydroxylation sites is 1. The lowest BCUT2D eigenvalue weighted by atomic mass is 10.1. The van der Waals surface area contributed by atoms with Crippen molar-refractivity contribution < 1.29 is 0 Å². The van der Waals surface area contributed by atoms with Crippen LogP contribution in [0.5, 0.6) is 0 Å².